The highest BCUT2D eigenvalue weighted by molar-refractivity contribution is 7.81. The number of fused-ring (bicyclic) bond motifs is 1. The predicted molar refractivity (Wildman–Crippen MR) is 86.9 cm³/mol. The summed E-state index contributed by atoms with van der Waals surface area (Å²) in [6, 6.07) is 0. The van der Waals surface area contributed by atoms with Crippen molar-refractivity contribution in [2.45, 2.75) is 36.3 Å². The Morgan fingerprint density at radius 2 is 2.28 bits per heavy atom. The molecule has 12 nitrogen and oxygen atoms in total. The molecule has 7 N–H and O–H groups in total. The van der Waals surface area contributed by atoms with Crippen LogP contribution in [0, 0.1) is 0 Å². The van der Waals surface area contributed by atoms with E-state index in [1.54, 1.807) is 0 Å². The van der Waals surface area contributed by atoms with Crippen LogP contribution in [-0.2, 0) is 19.6 Å². The fourth-order valence-corrected chi connectivity index (χ4v) is 3.46. The maximum Gasteiger partial charge on any atom is 0.469 e. The Kier molecular flexibility index (Phi) is 4.62. The zero-order chi connectivity index (χ0) is 18.6. The number of phosphoric ester groups is 1. The van der Waals surface area contributed by atoms with Gasteiger partial charge in [0.15, 0.2) is 23.7 Å². The Labute approximate surface area is 147 Å². The minimum Gasteiger partial charge on any atom is -0.389 e. The Bertz CT molecular complexity index is 749. The molecule has 1 saturated heterocycles. The number of nitrogens with two attached hydrogens (primary N) is 1. The van der Waals surface area contributed by atoms with E-state index in [-0.39, 0.29) is 17.5 Å². The minimum absolute atomic E-state index is 0.0325. The summed E-state index contributed by atoms with van der Waals surface area (Å²) in [5.74, 6) is 0.184. The molecule has 0 bridgehead atoms. The van der Waals surface area contributed by atoms with Gasteiger partial charge in [0.05, 0.1) is 24.3 Å². The standard InChI is InChI=1S/C11H18N5O7PS/c1-11(18)7-8(14-10(12)15-11)16(3-13-7)9-6(25)5(17)4(23-9)2-22-24(19,20)21/h3-6,9,17-18,25H,2H2,1H3,(H3,12,14,15)(H2,19,20,21)/t4-,5-,6-,9-,11?/m1/s1. The molecule has 140 valence electrons. The summed E-state index contributed by atoms with van der Waals surface area (Å²) >= 11 is 4.30. The van der Waals surface area contributed by atoms with E-state index in [1.165, 1.54) is 17.8 Å². The fourth-order valence-electron chi connectivity index (χ4n) is 2.71. The second-order valence-electron chi connectivity index (χ2n) is 5.85. The maximum atomic E-state index is 10.8. The van der Waals surface area contributed by atoms with Crippen LogP contribution in [0.1, 0.15) is 18.8 Å². The van der Waals surface area contributed by atoms with E-state index in [0.29, 0.717) is 0 Å². The smallest absolute Gasteiger partial charge is 0.389 e. The molecule has 3 heterocycles. The third-order valence-corrected chi connectivity index (χ3v) is 4.89. The molecular weight excluding hydrogens is 377 g/mol. The summed E-state index contributed by atoms with van der Waals surface area (Å²) in [7, 11) is -4.70. The monoisotopic (exact) mass is 395 g/mol. The van der Waals surface area contributed by atoms with Gasteiger partial charge in [0, 0.05) is 0 Å². The highest BCUT2D eigenvalue weighted by Crippen LogP contribution is 2.42. The summed E-state index contributed by atoms with van der Waals surface area (Å²) in [4.78, 5) is 25.7. The molecule has 1 aromatic heterocycles. The van der Waals surface area contributed by atoms with Gasteiger partial charge in [-0.1, -0.05) is 0 Å². The van der Waals surface area contributed by atoms with Crippen molar-refractivity contribution < 1.29 is 33.8 Å². The Morgan fingerprint density at radius 1 is 1.60 bits per heavy atom. The van der Waals surface area contributed by atoms with E-state index >= 15 is 0 Å². The van der Waals surface area contributed by atoms with Gasteiger partial charge in [0.1, 0.15) is 11.8 Å². The molecule has 0 amide bonds. The van der Waals surface area contributed by atoms with Crippen molar-refractivity contribution in [2.75, 3.05) is 6.61 Å². The van der Waals surface area contributed by atoms with Gasteiger partial charge in [0.2, 0.25) is 0 Å². The Morgan fingerprint density at radius 3 is 2.92 bits per heavy atom. The number of thiol groups is 1. The molecule has 0 aliphatic carbocycles. The number of phosphoric acid groups is 1. The lowest BCUT2D eigenvalue weighted by atomic mass is 10.1. The van der Waals surface area contributed by atoms with Gasteiger partial charge in [-0.3, -0.25) is 9.09 Å². The fraction of sp³-hybridized carbons (Fsp3) is 0.636. The number of aromatic nitrogens is 2. The molecule has 2 aliphatic heterocycles. The molecule has 3 rings (SSSR count). The lowest BCUT2D eigenvalue weighted by molar-refractivity contribution is -0.0430. The molecule has 1 fully saturated rings. The Balaban J connectivity index is 1.87. The summed E-state index contributed by atoms with van der Waals surface area (Å²) in [6.07, 6.45) is -1.72. The van der Waals surface area contributed by atoms with Crippen molar-refractivity contribution in [3.05, 3.63) is 12.0 Å². The van der Waals surface area contributed by atoms with E-state index < -0.39 is 43.8 Å². The van der Waals surface area contributed by atoms with Crippen molar-refractivity contribution in [3.8, 4) is 0 Å². The first kappa shape index (κ1) is 18.6. The van der Waals surface area contributed by atoms with Gasteiger partial charge in [-0.05, 0) is 6.92 Å². The highest BCUT2D eigenvalue weighted by Gasteiger charge is 2.46. The zero-order valence-corrected chi connectivity index (χ0v) is 14.7. The largest absolute Gasteiger partial charge is 0.469 e. The molecule has 1 aromatic rings. The van der Waals surface area contributed by atoms with Gasteiger partial charge >= 0.3 is 7.82 Å². The van der Waals surface area contributed by atoms with E-state index in [9.17, 15) is 14.8 Å². The van der Waals surface area contributed by atoms with E-state index in [2.05, 4.69) is 32.4 Å². The first-order valence-corrected chi connectivity index (χ1v) is 9.18. The maximum absolute atomic E-state index is 10.8. The zero-order valence-electron chi connectivity index (χ0n) is 12.9. The van der Waals surface area contributed by atoms with Crippen LogP contribution < -0.4 is 11.1 Å². The quantitative estimate of drug-likeness (QED) is 0.228. The first-order chi connectivity index (χ1) is 11.5. The van der Waals surface area contributed by atoms with Crippen molar-refractivity contribution in [3.63, 3.8) is 0 Å². The van der Waals surface area contributed by atoms with Crippen LogP contribution in [0.25, 0.3) is 0 Å². The third kappa shape index (κ3) is 3.55. The molecule has 1 unspecified atom stereocenters. The van der Waals surface area contributed by atoms with Crippen molar-refractivity contribution in [1.29, 1.82) is 0 Å². The van der Waals surface area contributed by atoms with Gasteiger partial charge in [-0.15, -0.1) is 0 Å². The first-order valence-electron chi connectivity index (χ1n) is 7.13. The number of guanidine groups is 1. The number of aliphatic imine (C=N–C) groups is 1. The lowest BCUT2D eigenvalue weighted by Crippen LogP contribution is -2.49. The number of hydrogen-bond acceptors (Lipinski definition) is 10. The molecule has 0 saturated carbocycles. The SMILES string of the molecule is CC1(O)NC(N)=Nc2c1ncn2[C@@H]1O[C@H](COP(=O)(O)O)[C@@H](O)[C@H]1S. The number of aliphatic hydroxyl groups is 2. The van der Waals surface area contributed by atoms with Gasteiger partial charge in [-0.25, -0.2) is 9.55 Å². The average Bonchev–Trinajstić information content (AvgIpc) is 2.99. The van der Waals surface area contributed by atoms with Crippen molar-refractivity contribution in [2.24, 2.45) is 10.7 Å². The topological polar surface area (TPSA) is 185 Å². The van der Waals surface area contributed by atoms with Crippen LogP contribution in [0.5, 0.6) is 0 Å². The second kappa shape index (κ2) is 6.21. The normalized spacial score (nSPS) is 35.2. The van der Waals surface area contributed by atoms with Crippen molar-refractivity contribution in [1.82, 2.24) is 14.9 Å². The number of rotatable bonds is 4. The molecule has 14 heteroatoms. The van der Waals surface area contributed by atoms with Gasteiger partial charge in [0.25, 0.3) is 0 Å². The number of hydrogen-bond donors (Lipinski definition) is 7. The number of aliphatic hydroxyl groups excluding tert-OH is 1. The van der Waals surface area contributed by atoms with Crippen LogP contribution in [0.2, 0.25) is 0 Å². The van der Waals surface area contributed by atoms with Gasteiger partial charge < -0.3 is 35.8 Å². The third-order valence-electron chi connectivity index (χ3n) is 3.84. The summed E-state index contributed by atoms with van der Waals surface area (Å²) < 4.78 is 22.2. The summed E-state index contributed by atoms with van der Waals surface area (Å²) in [6.45, 7) is 0.921. The highest BCUT2D eigenvalue weighted by atomic mass is 32.1. The van der Waals surface area contributed by atoms with Crippen LogP contribution in [0.3, 0.4) is 0 Å². The molecule has 0 aromatic carbocycles. The van der Waals surface area contributed by atoms with Crippen LogP contribution >= 0.6 is 20.5 Å². The molecule has 0 spiro atoms. The minimum atomic E-state index is -4.70. The number of ether oxygens (including phenoxy) is 1. The van der Waals surface area contributed by atoms with E-state index in [1.807, 2.05) is 0 Å². The van der Waals surface area contributed by atoms with Gasteiger partial charge in [-0.2, -0.15) is 17.6 Å². The second-order valence-corrected chi connectivity index (χ2v) is 7.69. The predicted octanol–water partition coefficient (Wildman–Crippen LogP) is -1.74. The van der Waals surface area contributed by atoms with E-state index in [4.69, 9.17) is 20.3 Å². The number of imidazole rings is 1. The van der Waals surface area contributed by atoms with Crippen molar-refractivity contribution >= 4 is 32.2 Å². The molecule has 2 aliphatic rings. The van der Waals surface area contributed by atoms with Crippen LogP contribution in [0.15, 0.2) is 11.3 Å². The average molecular weight is 395 g/mol. The molecular formula is C11H18N5O7PS. The Hall–Kier alpha value is -1.18. The number of nitrogens with one attached hydrogen (secondary N) is 1. The van der Waals surface area contributed by atoms with Crippen LogP contribution in [-0.4, -0.2) is 59.6 Å². The molecule has 5 atom stereocenters. The summed E-state index contributed by atoms with van der Waals surface area (Å²) in [5.41, 5.74) is 4.32. The molecule has 0 radical (unpaired) electrons. The van der Waals surface area contributed by atoms with Crippen LogP contribution in [0.4, 0.5) is 5.82 Å². The van der Waals surface area contributed by atoms with E-state index in [0.717, 1.165) is 0 Å². The molecule has 25 heavy (non-hydrogen) atoms. The summed E-state index contributed by atoms with van der Waals surface area (Å²) in [5, 5.41) is 22.3. The number of nitrogens with zero attached hydrogens (tertiary/aromatic N) is 3. The lowest BCUT2D eigenvalue weighted by Gasteiger charge is -2.28.